The summed E-state index contributed by atoms with van der Waals surface area (Å²) in [6.07, 6.45) is 0. The van der Waals surface area contributed by atoms with Crippen molar-refractivity contribution in [2.45, 2.75) is 19.6 Å². The van der Waals surface area contributed by atoms with E-state index in [1.54, 1.807) is 0 Å². The molecule has 4 nitrogen and oxygen atoms in total. The van der Waals surface area contributed by atoms with Crippen LogP contribution in [0.5, 0.6) is 0 Å². The third-order valence-electron chi connectivity index (χ3n) is 2.13. The lowest BCUT2D eigenvalue weighted by atomic mass is 10.1. The van der Waals surface area contributed by atoms with Crippen LogP contribution in [0.4, 0.5) is 0 Å². The van der Waals surface area contributed by atoms with Gasteiger partial charge in [-0.05, 0) is 18.1 Å². The predicted octanol–water partition coefficient (Wildman–Crippen LogP) is 0.924. The van der Waals surface area contributed by atoms with Gasteiger partial charge in [0.25, 0.3) is 0 Å². The van der Waals surface area contributed by atoms with Crippen LogP contribution in [-0.4, -0.2) is 23.7 Å². The number of aliphatic carboxylic acids is 1. The summed E-state index contributed by atoms with van der Waals surface area (Å²) < 4.78 is 5.22. The molecule has 0 radical (unpaired) electrons. The lowest BCUT2D eigenvalue weighted by Gasteiger charge is -2.09. The van der Waals surface area contributed by atoms with Crippen LogP contribution in [0.2, 0.25) is 0 Å². The van der Waals surface area contributed by atoms with Crippen molar-refractivity contribution in [2.75, 3.05) is 6.61 Å². The third-order valence-corrected chi connectivity index (χ3v) is 2.13. The molecule has 0 saturated heterocycles. The van der Waals surface area contributed by atoms with E-state index in [1.165, 1.54) is 0 Å². The van der Waals surface area contributed by atoms with E-state index in [4.69, 9.17) is 15.6 Å². The largest absolute Gasteiger partial charge is 0.480 e. The molecule has 1 aromatic carbocycles. The fourth-order valence-corrected chi connectivity index (χ4v) is 1.14. The van der Waals surface area contributed by atoms with Crippen molar-refractivity contribution in [2.24, 2.45) is 5.73 Å². The van der Waals surface area contributed by atoms with Gasteiger partial charge < -0.3 is 15.6 Å². The summed E-state index contributed by atoms with van der Waals surface area (Å²) >= 11 is 0. The zero-order chi connectivity index (χ0) is 11.3. The molecule has 3 N–H and O–H groups in total. The van der Waals surface area contributed by atoms with Crippen LogP contribution in [0.1, 0.15) is 11.1 Å². The molecule has 0 fully saturated rings. The number of ether oxygens (including phenoxy) is 1. The quantitative estimate of drug-likeness (QED) is 0.756. The number of aryl methyl sites for hydroxylation is 1. The predicted molar refractivity (Wildman–Crippen MR) is 56.4 cm³/mol. The van der Waals surface area contributed by atoms with Gasteiger partial charge in [-0.2, -0.15) is 0 Å². The molecule has 0 bridgehead atoms. The van der Waals surface area contributed by atoms with E-state index < -0.39 is 12.0 Å². The minimum atomic E-state index is -1.04. The van der Waals surface area contributed by atoms with Gasteiger partial charge in [-0.1, -0.05) is 24.3 Å². The maximum atomic E-state index is 10.4. The molecule has 1 unspecified atom stereocenters. The minimum absolute atomic E-state index is 0.0314. The topological polar surface area (TPSA) is 72.5 Å². The molecular weight excluding hydrogens is 194 g/mol. The van der Waals surface area contributed by atoms with Gasteiger partial charge in [-0.15, -0.1) is 0 Å². The molecule has 4 heteroatoms. The molecule has 82 valence electrons. The highest BCUT2D eigenvalue weighted by atomic mass is 16.5. The fraction of sp³-hybridized carbons (Fsp3) is 0.364. The van der Waals surface area contributed by atoms with E-state index in [1.807, 2.05) is 31.2 Å². The number of benzene rings is 1. The number of rotatable bonds is 5. The summed E-state index contributed by atoms with van der Waals surface area (Å²) in [5.74, 6) is -1.04. The first-order valence-corrected chi connectivity index (χ1v) is 4.72. The van der Waals surface area contributed by atoms with Gasteiger partial charge in [0.15, 0.2) is 0 Å². The summed E-state index contributed by atoms with van der Waals surface area (Å²) in [6.45, 7) is 2.41. The smallest absolute Gasteiger partial charge is 0.322 e. The molecule has 0 aliphatic rings. The van der Waals surface area contributed by atoms with Crippen molar-refractivity contribution in [3.05, 3.63) is 35.4 Å². The molecule has 1 aromatic rings. The second-order valence-electron chi connectivity index (χ2n) is 3.39. The Balaban J connectivity index is 2.38. The van der Waals surface area contributed by atoms with E-state index >= 15 is 0 Å². The summed E-state index contributed by atoms with van der Waals surface area (Å²) in [5, 5.41) is 8.53. The van der Waals surface area contributed by atoms with Crippen molar-refractivity contribution < 1.29 is 14.6 Å². The van der Waals surface area contributed by atoms with E-state index in [9.17, 15) is 4.79 Å². The number of carboxylic acids is 1. The molecule has 0 amide bonds. The van der Waals surface area contributed by atoms with Gasteiger partial charge >= 0.3 is 5.97 Å². The Hall–Kier alpha value is -1.39. The van der Waals surface area contributed by atoms with Crippen LogP contribution in [-0.2, 0) is 16.1 Å². The van der Waals surface area contributed by atoms with Crippen molar-refractivity contribution >= 4 is 5.97 Å². The molecule has 1 atom stereocenters. The lowest BCUT2D eigenvalue weighted by molar-refractivity contribution is -0.140. The Morgan fingerprint density at radius 1 is 1.53 bits per heavy atom. The monoisotopic (exact) mass is 209 g/mol. The summed E-state index contributed by atoms with van der Waals surface area (Å²) in [6, 6.07) is 6.84. The first-order valence-electron chi connectivity index (χ1n) is 4.72. The number of carboxylic acid groups (broad SMARTS) is 1. The summed E-state index contributed by atoms with van der Waals surface area (Å²) in [4.78, 5) is 10.4. The third kappa shape index (κ3) is 3.69. The summed E-state index contributed by atoms with van der Waals surface area (Å²) in [7, 11) is 0. The zero-order valence-corrected chi connectivity index (χ0v) is 8.64. The Kier molecular flexibility index (Phi) is 4.27. The van der Waals surface area contributed by atoms with Gasteiger partial charge in [0.05, 0.1) is 13.2 Å². The van der Waals surface area contributed by atoms with Gasteiger partial charge in [0.2, 0.25) is 0 Å². The average molecular weight is 209 g/mol. The number of hydrogen-bond acceptors (Lipinski definition) is 3. The maximum absolute atomic E-state index is 10.4. The van der Waals surface area contributed by atoms with Gasteiger partial charge in [0, 0.05) is 0 Å². The van der Waals surface area contributed by atoms with Crippen molar-refractivity contribution in [1.29, 1.82) is 0 Å². The zero-order valence-electron chi connectivity index (χ0n) is 8.64. The lowest BCUT2D eigenvalue weighted by Crippen LogP contribution is -2.34. The van der Waals surface area contributed by atoms with E-state index in [2.05, 4.69) is 0 Å². The molecule has 0 aliphatic heterocycles. The van der Waals surface area contributed by atoms with Crippen LogP contribution >= 0.6 is 0 Å². The molecule has 0 aliphatic carbocycles. The van der Waals surface area contributed by atoms with E-state index in [0.717, 1.165) is 11.1 Å². The first-order chi connectivity index (χ1) is 7.11. The Morgan fingerprint density at radius 3 is 2.80 bits per heavy atom. The van der Waals surface area contributed by atoms with Crippen molar-refractivity contribution in [1.82, 2.24) is 0 Å². The maximum Gasteiger partial charge on any atom is 0.322 e. The van der Waals surface area contributed by atoms with Crippen LogP contribution in [0.25, 0.3) is 0 Å². The average Bonchev–Trinajstić information content (AvgIpc) is 2.20. The van der Waals surface area contributed by atoms with Crippen LogP contribution in [0, 0.1) is 6.92 Å². The standard InChI is InChI=1S/C11H15NO3/c1-8-4-2-3-5-9(8)6-15-7-10(12)11(13)14/h2-5,10H,6-7,12H2,1H3,(H,13,14). The normalized spacial score (nSPS) is 12.4. The highest BCUT2D eigenvalue weighted by Gasteiger charge is 2.11. The Morgan fingerprint density at radius 2 is 2.20 bits per heavy atom. The highest BCUT2D eigenvalue weighted by molar-refractivity contribution is 5.73. The molecule has 0 saturated carbocycles. The molecule has 0 heterocycles. The van der Waals surface area contributed by atoms with Gasteiger partial charge in [0.1, 0.15) is 6.04 Å². The SMILES string of the molecule is Cc1ccccc1COCC(N)C(=O)O. The van der Waals surface area contributed by atoms with Crippen LogP contribution in [0.3, 0.4) is 0 Å². The highest BCUT2D eigenvalue weighted by Crippen LogP contribution is 2.08. The number of hydrogen-bond donors (Lipinski definition) is 2. The first kappa shape index (κ1) is 11.7. The fourth-order valence-electron chi connectivity index (χ4n) is 1.14. The van der Waals surface area contributed by atoms with E-state index in [0.29, 0.717) is 6.61 Å². The number of carbonyl (C=O) groups is 1. The van der Waals surface area contributed by atoms with Crippen molar-refractivity contribution in [3.8, 4) is 0 Å². The van der Waals surface area contributed by atoms with Crippen LogP contribution < -0.4 is 5.73 Å². The minimum Gasteiger partial charge on any atom is -0.480 e. The second kappa shape index (κ2) is 5.48. The van der Waals surface area contributed by atoms with Crippen LogP contribution in [0.15, 0.2) is 24.3 Å². The number of nitrogens with two attached hydrogens (primary N) is 1. The molecule has 0 aromatic heterocycles. The Bertz CT molecular complexity index is 338. The van der Waals surface area contributed by atoms with Gasteiger partial charge in [-0.3, -0.25) is 4.79 Å². The molecule has 0 spiro atoms. The summed E-state index contributed by atoms with van der Waals surface area (Å²) in [5.41, 5.74) is 7.47. The molecule has 1 rings (SSSR count). The van der Waals surface area contributed by atoms with E-state index in [-0.39, 0.29) is 6.61 Å². The molecular formula is C11H15NO3. The molecule has 15 heavy (non-hydrogen) atoms. The van der Waals surface area contributed by atoms with Crippen molar-refractivity contribution in [3.63, 3.8) is 0 Å². The second-order valence-corrected chi connectivity index (χ2v) is 3.39. The van der Waals surface area contributed by atoms with Gasteiger partial charge in [-0.25, -0.2) is 0 Å². The Labute approximate surface area is 88.7 Å².